The van der Waals surface area contributed by atoms with Gasteiger partial charge in [-0.2, -0.15) is 0 Å². The van der Waals surface area contributed by atoms with Crippen molar-refractivity contribution < 1.29 is 9.59 Å². The van der Waals surface area contributed by atoms with Crippen molar-refractivity contribution in [1.82, 2.24) is 15.1 Å². The van der Waals surface area contributed by atoms with Crippen molar-refractivity contribution in [3.8, 4) is 0 Å². The second kappa shape index (κ2) is 11.1. The summed E-state index contributed by atoms with van der Waals surface area (Å²) in [4.78, 5) is 29.4. The third-order valence-corrected chi connectivity index (χ3v) is 5.17. The Kier molecular flexibility index (Phi) is 8.69. The molecule has 1 aromatic rings. The maximum atomic E-state index is 12.2. The van der Waals surface area contributed by atoms with Gasteiger partial charge >= 0.3 is 0 Å². The van der Waals surface area contributed by atoms with Gasteiger partial charge in [-0.1, -0.05) is 18.6 Å². The molecule has 1 saturated heterocycles. The van der Waals surface area contributed by atoms with Crippen LogP contribution in [0.25, 0.3) is 0 Å². The highest BCUT2D eigenvalue weighted by Crippen LogP contribution is 2.12. The average Bonchev–Trinajstić information content (AvgIpc) is 3.00. The normalized spacial score (nSPS) is 15.2. The third-order valence-electron chi connectivity index (χ3n) is 4.31. The van der Waals surface area contributed by atoms with Crippen LogP contribution in [0.5, 0.6) is 0 Å². The Morgan fingerprint density at radius 2 is 2.28 bits per heavy atom. The van der Waals surface area contributed by atoms with E-state index in [4.69, 9.17) is 0 Å². The van der Waals surface area contributed by atoms with Crippen LogP contribution in [-0.2, 0) is 16.1 Å². The van der Waals surface area contributed by atoms with Gasteiger partial charge in [-0.15, -0.1) is 17.9 Å². The Balaban J connectivity index is 1.66. The molecule has 0 spiro atoms. The minimum Gasteiger partial charge on any atom is -0.355 e. The molecule has 2 heterocycles. The molecule has 1 aromatic heterocycles. The molecule has 1 aliphatic heterocycles. The van der Waals surface area contributed by atoms with Crippen LogP contribution in [-0.4, -0.2) is 54.3 Å². The highest BCUT2D eigenvalue weighted by molar-refractivity contribution is 7.09. The fourth-order valence-electron chi connectivity index (χ4n) is 3.02. The van der Waals surface area contributed by atoms with E-state index < -0.39 is 0 Å². The van der Waals surface area contributed by atoms with E-state index in [-0.39, 0.29) is 11.8 Å². The molecule has 0 aromatic carbocycles. The monoisotopic (exact) mass is 363 g/mol. The molecule has 6 heteroatoms. The van der Waals surface area contributed by atoms with Crippen molar-refractivity contribution in [2.24, 2.45) is 0 Å². The number of rotatable bonds is 10. The van der Waals surface area contributed by atoms with Gasteiger partial charge < -0.3 is 10.2 Å². The summed E-state index contributed by atoms with van der Waals surface area (Å²) in [5, 5.41) is 5.02. The maximum Gasteiger partial charge on any atom is 0.234 e. The van der Waals surface area contributed by atoms with Crippen LogP contribution < -0.4 is 5.32 Å². The van der Waals surface area contributed by atoms with E-state index in [0.29, 0.717) is 26.1 Å². The highest BCUT2D eigenvalue weighted by Gasteiger charge is 2.16. The van der Waals surface area contributed by atoms with Gasteiger partial charge in [0, 0.05) is 44.0 Å². The van der Waals surface area contributed by atoms with Crippen LogP contribution in [0.15, 0.2) is 30.2 Å². The number of hydrogen-bond acceptors (Lipinski definition) is 4. The molecule has 0 aliphatic carbocycles. The molecule has 0 atom stereocenters. The smallest absolute Gasteiger partial charge is 0.234 e. The zero-order chi connectivity index (χ0) is 17.9. The molecule has 0 bridgehead atoms. The van der Waals surface area contributed by atoms with Crippen molar-refractivity contribution in [3.63, 3.8) is 0 Å². The summed E-state index contributed by atoms with van der Waals surface area (Å²) in [7, 11) is 0. The van der Waals surface area contributed by atoms with Crippen LogP contribution in [0.1, 0.15) is 37.0 Å². The minimum absolute atomic E-state index is 0.0283. The Hall–Kier alpha value is -1.66. The van der Waals surface area contributed by atoms with Crippen molar-refractivity contribution in [3.05, 3.63) is 35.0 Å². The summed E-state index contributed by atoms with van der Waals surface area (Å²) in [6.45, 7) is 7.81. The second-order valence-corrected chi connectivity index (χ2v) is 7.46. The van der Waals surface area contributed by atoms with Gasteiger partial charge in [-0.25, -0.2) is 0 Å². The largest absolute Gasteiger partial charge is 0.355 e. The third kappa shape index (κ3) is 7.40. The predicted octanol–water partition coefficient (Wildman–Crippen LogP) is 2.65. The fraction of sp³-hybridized carbons (Fsp3) is 0.579. The summed E-state index contributed by atoms with van der Waals surface area (Å²) < 4.78 is 0. The van der Waals surface area contributed by atoms with E-state index in [2.05, 4.69) is 22.9 Å². The highest BCUT2D eigenvalue weighted by atomic mass is 32.1. The number of carbonyl (C=O) groups excluding carboxylic acids is 2. The lowest BCUT2D eigenvalue weighted by atomic mass is 10.2. The fourth-order valence-corrected chi connectivity index (χ4v) is 3.77. The first-order valence-corrected chi connectivity index (χ1v) is 9.97. The number of thiophene rings is 1. The molecule has 0 unspecified atom stereocenters. The molecular weight excluding hydrogens is 334 g/mol. The number of carbonyl (C=O) groups is 2. The van der Waals surface area contributed by atoms with Gasteiger partial charge in [0.05, 0.1) is 6.54 Å². The van der Waals surface area contributed by atoms with Crippen molar-refractivity contribution >= 4 is 23.2 Å². The number of nitrogens with zero attached hydrogens (tertiary/aromatic N) is 2. The lowest BCUT2D eigenvalue weighted by Gasteiger charge is -2.21. The second-order valence-electron chi connectivity index (χ2n) is 6.43. The Morgan fingerprint density at radius 1 is 1.40 bits per heavy atom. The van der Waals surface area contributed by atoms with E-state index in [9.17, 15) is 9.59 Å². The standard InChI is InChI=1S/C19H29N3O2S/c1-2-11-21(15-17-8-6-14-25-17)16-18(23)20-10-7-13-22-12-5-3-4-9-19(22)24/h2,6,8,14H,1,3-5,7,9-13,15-16H2,(H,20,23). The molecule has 1 N–H and O–H groups in total. The summed E-state index contributed by atoms with van der Waals surface area (Å²) in [5.74, 6) is 0.289. The molecule has 0 saturated carbocycles. The molecular formula is C19H29N3O2S. The van der Waals surface area contributed by atoms with Gasteiger partial charge in [0.15, 0.2) is 0 Å². The predicted molar refractivity (Wildman–Crippen MR) is 102 cm³/mol. The number of nitrogens with one attached hydrogen (secondary N) is 1. The maximum absolute atomic E-state index is 12.2. The van der Waals surface area contributed by atoms with Gasteiger partial charge in [0.1, 0.15) is 0 Å². The average molecular weight is 364 g/mol. The Morgan fingerprint density at radius 3 is 3.04 bits per heavy atom. The minimum atomic E-state index is 0.0283. The van der Waals surface area contributed by atoms with E-state index in [1.54, 1.807) is 11.3 Å². The van der Waals surface area contributed by atoms with Crippen molar-refractivity contribution in [1.29, 1.82) is 0 Å². The summed E-state index contributed by atoms with van der Waals surface area (Å²) >= 11 is 1.70. The first-order valence-electron chi connectivity index (χ1n) is 9.09. The molecule has 25 heavy (non-hydrogen) atoms. The van der Waals surface area contributed by atoms with Crippen molar-refractivity contribution in [2.45, 2.75) is 38.6 Å². The van der Waals surface area contributed by atoms with E-state index in [0.717, 1.165) is 45.3 Å². The molecule has 1 aliphatic rings. The lowest BCUT2D eigenvalue weighted by Crippen LogP contribution is -2.38. The molecule has 2 rings (SSSR count). The SMILES string of the molecule is C=CCN(CC(=O)NCCCN1CCCCCC1=O)Cc1cccs1. The van der Waals surface area contributed by atoms with Crippen LogP contribution >= 0.6 is 11.3 Å². The first kappa shape index (κ1) is 19.7. The van der Waals surface area contributed by atoms with E-state index in [1.165, 1.54) is 4.88 Å². The molecule has 1 fully saturated rings. The molecule has 5 nitrogen and oxygen atoms in total. The first-order chi connectivity index (χ1) is 12.2. The zero-order valence-electron chi connectivity index (χ0n) is 14.9. The van der Waals surface area contributed by atoms with Crippen LogP contribution in [0.2, 0.25) is 0 Å². The van der Waals surface area contributed by atoms with Crippen LogP contribution in [0, 0.1) is 0 Å². The summed E-state index contributed by atoms with van der Waals surface area (Å²) in [6, 6.07) is 4.10. The number of likely N-dealkylation sites (tertiary alicyclic amines) is 1. The van der Waals surface area contributed by atoms with Crippen molar-refractivity contribution in [2.75, 3.05) is 32.7 Å². The number of hydrogen-bond donors (Lipinski definition) is 1. The van der Waals surface area contributed by atoms with Gasteiger partial charge in [0.2, 0.25) is 11.8 Å². The van der Waals surface area contributed by atoms with Gasteiger partial charge in [0.25, 0.3) is 0 Å². The quantitative estimate of drug-likeness (QED) is 0.514. The van der Waals surface area contributed by atoms with Crippen LogP contribution in [0.3, 0.4) is 0 Å². The lowest BCUT2D eigenvalue weighted by molar-refractivity contribution is -0.130. The van der Waals surface area contributed by atoms with Crippen LogP contribution in [0.4, 0.5) is 0 Å². The number of amides is 2. The Labute approximate surface area is 154 Å². The molecule has 138 valence electrons. The zero-order valence-corrected chi connectivity index (χ0v) is 15.7. The summed E-state index contributed by atoms with van der Waals surface area (Å²) in [6.07, 6.45) is 6.55. The van der Waals surface area contributed by atoms with Gasteiger partial charge in [-0.05, 0) is 30.7 Å². The van der Waals surface area contributed by atoms with E-state index >= 15 is 0 Å². The molecule has 2 amide bonds. The summed E-state index contributed by atoms with van der Waals surface area (Å²) in [5.41, 5.74) is 0. The Bertz CT molecular complexity index is 545. The van der Waals surface area contributed by atoms with Gasteiger partial charge in [-0.3, -0.25) is 14.5 Å². The molecule has 0 radical (unpaired) electrons. The van der Waals surface area contributed by atoms with E-state index in [1.807, 2.05) is 22.4 Å². The topological polar surface area (TPSA) is 52.7 Å².